The molecule has 0 spiro atoms. The van der Waals surface area contributed by atoms with Crippen molar-refractivity contribution in [1.82, 2.24) is 4.90 Å². The van der Waals surface area contributed by atoms with Crippen LogP contribution in [0, 0.1) is 18.3 Å². The third kappa shape index (κ3) is 1.86. The number of terminal acetylenes is 1. The number of hydrogen-bond acceptors (Lipinski definition) is 3. The van der Waals surface area contributed by atoms with Gasteiger partial charge >= 0.3 is 5.97 Å². The van der Waals surface area contributed by atoms with Crippen LogP contribution in [0.15, 0.2) is 0 Å². The van der Waals surface area contributed by atoms with E-state index >= 15 is 0 Å². The second-order valence-electron chi connectivity index (χ2n) is 3.11. The van der Waals surface area contributed by atoms with Gasteiger partial charge in [-0.3, -0.25) is 9.59 Å². The van der Waals surface area contributed by atoms with E-state index in [1.54, 1.807) is 0 Å². The molecule has 1 aliphatic rings. The average molecular weight is 197 g/mol. The molecule has 1 rings (SSSR count). The molecule has 2 atom stereocenters. The molecule has 5 heteroatoms. The number of ether oxygens (including phenoxy) is 1. The SMILES string of the molecule is C#CC(=O)N(C)C1COCC1C(=O)O. The molecule has 0 aliphatic carbocycles. The summed E-state index contributed by atoms with van der Waals surface area (Å²) >= 11 is 0. The van der Waals surface area contributed by atoms with Crippen LogP contribution in [-0.4, -0.2) is 48.2 Å². The van der Waals surface area contributed by atoms with Gasteiger partial charge in [-0.1, -0.05) is 0 Å². The first kappa shape index (κ1) is 10.5. The third-order valence-corrected chi connectivity index (χ3v) is 2.31. The normalized spacial score (nSPS) is 25.4. The first-order valence-electron chi connectivity index (χ1n) is 4.12. The van der Waals surface area contributed by atoms with Crippen LogP contribution in [0.2, 0.25) is 0 Å². The van der Waals surface area contributed by atoms with Crippen LogP contribution in [0.3, 0.4) is 0 Å². The van der Waals surface area contributed by atoms with Gasteiger partial charge in [0.1, 0.15) is 5.92 Å². The number of rotatable bonds is 2. The number of likely N-dealkylation sites (N-methyl/N-ethyl adjacent to an activating group) is 1. The van der Waals surface area contributed by atoms with Gasteiger partial charge in [0.2, 0.25) is 0 Å². The minimum Gasteiger partial charge on any atom is -0.481 e. The molecule has 1 amide bonds. The van der Waals surface area contributed by atoms with Crippen LogP contribution in [0.25, 0.3) is 0 Å². The number of aliphatic carboxylic acids is 1. The predicted molar refractivity (Wildman–Crippen MR) is 47.3 cm³/mol. The fraction of sp³-hybridized carbons (Fsp3) is 0.556. The van der Waals surface area contributed by atoms with Crippen molar-refractivity contribution in [3.05, 3.63) is 0 Å². The number of hydrogen-bond donors (Lipinski definition) is 1. The van der Waals surface area contributed by atoms with Crippen molar-refractivity contribution in [3.63, 3.8) is 0 Å². The van der Waals surface area contributed by atoms with Crippen molar-refractivity contribution in [2.24, 2.45) is 5.92 Å². The Bertz CT molecular complexity index is 294. The van der Waals surface area contributed by atoms with Gasteiger partial charge in [-0.2, -0.15) is 0 Å². The van der Waals surface area contributed by atoms with Gasteiger partial charge < -0.3 is 14.7 Å². The average Bonchev–Trinajstić information content (AvgIpc) is 2.63. The molecule has 0 aromatic rings. The van der Waals surface area contributed by atoms with Crippen LogP contribution in [0.4, 0.5) is 0 Å². The highest BCUT2D eigenvalue weighted by molar-refractivity contribution is 5.93. The van der Waals surface area contributed by atoms with E-state index in [1.165, 1.54) is 11.9 Å². The molecule has 0 aromatic carbocycles. The summed E-state index contributed by atoms with van der Waals surface area (Å²) in [5.74, 6) is -0.233. The van der Waals surface area contributed by atoms with E-state index in [0.29, 0.717) is 0 Å². The molecule has 1 fully saturated rings. The van der Waals surface area contributed by atoms with Gasteiger partial charge in [0.15, 0.2) is 0 Å². The van der Waals surface area contributed by atoms with Crippen LogP contribution in [-0.2, 0) is 14.3 Å². The van der Waals surface area contributed by atoms with E-state index in [9.17, 15) is 9.59 Å². The Hall–Kier alpha value is -1.54. The summed E-state index contributed by atoms with van der Waals surface area (Å²) in [6.45, 7) is 0.350. The summed E-state index contributed by atoms with van der Waals surface area (Å²) < 4.78 is 5.00. The first-order valence-corrected chi connectivity index (χ1v) is 4.12. The summed E-state index contributed by atoms with van der Waals surface area (Å²) in [7, 11) is 1.48. The minimum absolute atomic E-state index is 0.127. The molecule has 5 nitrogen and oxygen atoms in total. The molecule has 14 heavy (non-hydrogen) atoms. The molecule has 1 heterocycles. The number of carbonyl (C=O) groups is 2. The predicted octanol–water partition coefficient (Wildman–Crippen LogP) is -0.822. The minimum atomic E-state index is -0.968. The van der Waals surface area contributed by atoms with Crippen molar-refractivity contribution in [2.45, 2.75) is 6.04 Å². The lowest BCUT2D eigenvalue weighted by atomic mass is 10.0. The molecule has 1 aliphatic heterocycles. The van der Waals surface area contributed by atoms with E-state index in [2.05, 4.69) is 0 Å². The third-order valence-electron chi connectivity index (χ3n) is 2.31. The molecule has 0 aromatic heterocycles. The molecule has 0 bridgehead atoms. The highest BCUT2D eigenvalue weighted by atomic mass is 16.5. The second-order valence-corrected chi connectivity index (χ2v) is 3.11. The fourth-order valence-corrected chi connectivity index (χ4v) is 1.41. The highest BCUT2D eigenvalue weighted by Crippen LogP contribution is 2.18. The van der Waals surface area contributed by atoms with Crippen molar-refractivity contribution in [2.75, 3.05) is 20.3 Å². The molecular formula is C9H11NO4. The summed E-state index contributed by atoms with van der Waals surface area (Å²) in [5.41, 5.74) is 0. The van der Waals surface area contributed by atoms with Gasteiger partial charge in [-0.25, -0.2) is 0 Å². The van der Waals surface area contributed by atoms with Gasteiger partial charge in [-0.05, 0) is 5.92 Å². The maximum Gasteiger partial charge on any atom is 0.311 e. The van der Waals surface area contributed by atoms with Crippen LogP contribution in [0.1, 0.15) is 0 Å². The lowest BCUT2D eigenvalue weighted by Crippen LogP contribution is -2.43. The van der Waals surface area contributed by atoms with Gasteiger partial charge in [0.25, 0.3) is 5.91 Å². The van der Waals surface area contributed by atoms with Crippen molar-refractivity contribution in [1.29, 1.82) is 0 Å². The van der Waals surface area contributed by atoms with Gasteiger partial charge in [0, 0.05) is 7.05 Å². The largest absolute Gasteiger partial charge is 0.481 e. The Kier molecular flexibility index (Phi) is 3.10. The van der Waals surface area contributed by atoms with Gasteiger partial charge in [-0.15, -0.1) is 6.42 Å². The van der Waals surface area contributed by atoms with Crippen molar-refractivity contribution >= 4 is 11.9 Å². The number of carbonyl (C=O) groups excluding carboxylic acids is 1. The first-order chi connectivity index (χ1) is 6.57. The molecule has 0 radical (unpaired) electrons. The lowest BCUT2D eigenvalue weighted by Gasteiger charge is -2.23. The fourth-order valence-electron chi connectivity index (χ4n) is 1.41. The molecule has 2 unspecified atom stereocenters. The zero-order chi connectivity index (χ0) is 10.7. The van der Waals surface area contributed by atoms with E-state index in [-0.39, 0.29) is 13.2 Å². The van der Waals surface area contributed by atoms with Crippen LogP contribution >= 0.6 is 0 Å². The molecule has 1 saturated heterocycles. The monoisotopic (exact) mass is 197 g/mol. The van der Waals surface area contributed by atoms with E-state index < -0.39 is 23.8 Å². The van der Waals surface area contributed by atoms with Crippen molar-refractivity contribution < 1.29 is 19.4 Å². The Morgan fingerprint density at radius 3 is 2.71 bits per heavy atom. The Labute approximate surface area is 81.6 Å². The smallest absolute Gasteiger partial charge is 0.311 e. The number of carboxylic acid groups (broad SMARTS) is 1. The summed E-state index contributed by atoms with van der Waals surface area (Å²) in [5, 5.41) is 8.82. The van der Waals surface area contributed by atoms with E-state index in [4.69, 9.17) is 16.3 Å². The molecule has 0 saturated carbocycles. The Morgan fingerprint density at radius 1 is 1.57 bits per heavy atom. The maximum absolute atomic E-state index is 11.1. The molecule has 76 valence electrons. The molecule has 1 N–H and O–H groups in total. The van der Waals surface area contributed by atoms with Crippen molar-refractivity contribution in [3.8, 4) is 12.3 Å². The molecular weight excluding hydrogens is 186 g/mol. The van der Waals surface area contributed by atoms with Crippen LogP contribution in [0.5, 0.6) is 0 Å². The number of amides is 1. The van der Waals surface area contributed by atoms with E-state index in [1.807, 2.05) is 5.92 Å². The Balaban J connectivity index is 2.72. The lowest BCUT2D eigenvalue weighted by molar-refractivity contribution is -0.143. The van der Waals surface area contributed by atoms with Crippen LogP contribution < -0.4 is 0 Å². The summed E-state index contributed by atoms with van der Waals surface area (Å²) in [6, 6.07) is -0.462. The topological polar surface area (TPSA) is 66.8 Å². The second kappa shape index (κ2) is 4.11. The summed E-state index contributed by atoms with van der Waals surface area (Å²) in [4.78, 5) is 23.1. The number of carboxylic acids is 1. The Morgan fingerprint density at radius 2 is 2.21 bits per heavy atom. The maximum atomic E-state index is 11.1. The van der Waals surface area contributed by atoms with Gasteiger partial charge in [0.05, 0.1) is 19.3 Å². The number of nitrogens with zero attached hydrogens (tertiary/aromatic N) is 1. The quantitative estimate of drug-likeness (QED) is 0.587. The highest BCUT2D eigenvalue weighted by Gasteiger charge is 2.38. The zero-order valence-electron chi connectivity index (χ0n) is 7.77. The van der Waals surface area contributed by atoms with E-state index in [0.717, 1.165) is 0 Å². The standard InChI is InChI=1S/C9H11NO4/c1-3-8(11)10(2)7-5-14-4-6(7)9(12)13/h1,6-7H,4-5H2,2H3,(H,12,13). The summed E-state index contributed by atoms with van der Waals surface area (Å²) in [6.07, 6.45) is 4.93. The zero-order valence-corrected chi connectivity index (χ0v) is 7.77.